The summed E-state index contributed by atoms with van der Waals surface area (Å²) in [6, 6.07) is 15.2. The minimum atomic E-state index is -1.17. The number of ketones is 1. The van der Waals surface area contributed by atoms with Crippen molar-refractivity contribution in [1.82, 2.24) is 9.91 Å². The molecule has 1 atom stereocenters. The predicted octanol–water partition coefficient (Wildman–Crippen LogP) is 3.23. The molecule has 0 bridgehead atoms. The van der Waals surface area contributed by atoms with E-state index in [-0.39, 0.29) is 11.7 Å². The minimum absolute atomic E-state index is 0.172. The van der Waals surface area contributed by atoms with Gasteiger partial charge in [0.1, 0.15) is 5.75 Å². The molecule has 0 fully saturated rings. The van der Waals surface area contributed by atoms with Crippen LogP contribution in [-0.4, -0.2) is 51.8 Å². The van der Waals surface area contributed by atoms with Crippen molar-refractivity contribution in [2.45, 2.75) is 25.9 Å². The van der Waals surface area contributed by atoms with E-state index in [1.807, 2.05) is 67.4 Å². The number of hydrogen-bond donors (Lipinski definition) is 0. The normalized spacial score (nSPS) is 20.2. The zero-order valence-electron chi connectivity index (χ0n) is 18.0. The molecule has 0 saturated carbocycles. The van der Waals surface area contributed by atoms with Crippen molar-refractivity contribution in [3.8, 4) is 5.75 Å². The Balaban J connectivity index is 1.85. The van der Waals surface area contributed by atoms with E-state index < -0.39 is 5.12 Å². The van der Waals surface area contributed by atoms with Crippen molar-refractivity contribution in [3.63, 3.8) is 0 Å². The molecule has 0 N–H and O–H groups in total. The van der Waals surface area contributed by atoms with Crippen LogP contribution >= 0.6 is 11.8 Å². The number of amides is 1. The number of hydrazone groups is 2. The molecular weight excluding hydrogens is 414 g/mol. The van der Waals surface area contributed by atoms with Gasteiger partial charge < -0.3 is 9.64 Å². The van der Waals surface area contributed by atoms with Crippen LogP contribution < -0.4 is 9.75 Å². The largest absolute Gasteiger partial charge is 0.497 e. The second kappa shape index (κ2) is 7.73. The van der Waals surface area contributed by atoms with Crippen molar-refractivity contribution in [3.05, 3.63) is 59.7 Å². The fourth-order valence-corrected chi connectivity index (χ4v) is 4.83. The number of hydrogen-bond acceptors (Lipinski definition) is 8. The summed E-state index contributed by atoms with van der Waals surface area (Å²) in [6.07, 6.45) is 0. The molecule has 9 heteroatoms. The maximum absolute atomic E-state index is 12.7. The first-order valence-corrected chi connectivity index (χ1v) is 10.5. The molecule has 0 aromatic heterocycles. The average molecular weight is 438 g/mol. The number of nitrogens with zero attached hydrogens (tertiary/aromatic N) is 5. The van der Waals surface area contributed by atoms with Crippen molar-refractivity contribution >= 4 is 40.0 Å². The van der Waals surface area contributed by atoms with E-state index in [2.05, 4.69) is 10.2 Å². The smallest absolute Gasteiger partial charge is 0.292 e. The zero-order chi connectivity index (χ0) is 22.3. The van der Waals surface area contributed by atoms with Gasteiger partial charge >= 0.3 is 0 Å². The van der Waals surface area contributed by atoms with Gasteiger partial charge in [-0.05, 0) is 60.6 Å². The molecule has 4 rings (SSSR count). The molecule has 2 heterocycles. The van der Waals surface area contributed by atoms with Gasteiger partial charge in [-0.3, -0.25) is 9.59 Å². The third kappa shape index (κ3) is 3.34. The fourth-order valence-electron chi connectivity index (χ4n) is 3.59. The van der Waals surface area contributed by atoms with E-state index in [0.29, 0.717) is 10.9 Å². The molecular formula is C22H23N5O3S. The lowest BCUT2D eigenvalue weighted by atomic mass is 10.2. The number of anilines is 1. The number of rotatable bonds is 4. The van der Waals surface area contributed by atoms with E-state index in [1.54, 1.807) is 12.1 Å². The highest BCUT2D eigenvalue weighted by molar-refractivity contribution is 8.17. The van der Waals surface area contributed by atoms with Gasteiger partial charge in [0, 0.05) is 26.5 Å². The summed E-state index contributed by atoms with van der Waals surface area (Å²) in [5, 5.41) is 11.5. The lowest BCUT2D eigenvalue weighted by molar-refractivity contribution is -0.133. The molecule has 2 aliphatic heterocycles. The highest BCUT2D eigenvalue weighted by Gasteiger charge is 2.60. The maximum Gasteiger partial charge on any atom is 0.292 e. The Kier molecular flexibility index (Phi) is 5.22. The molecule has 0 radical (unpaired) electrons. The first kappa shape index (κ1) is 20.9. The second-order valence-electron chi connectivity index (χ2n) is 7.33. The number of ether oxygens (including phenoxy) is 1. The summed E-state index contributed by atoms with van der Waals surface area (Å²) in [5.41, 5.74) is 2.61. The van der Waals surface area contributed by atoms with Crippen molar-refractivity contribution < 1.29 is 14.3 Å². The lowest BCUT2D eigenvalue weighted by Crippen LogP contribution is -2.61. The third-order valence-corrected chi connectivity index (χ3v) is 6.58. The maximum atomic E-state index is 12.7. The minimum Gasteiger partial charge on any atom is -0.497 e. The highest BCUT2D eigenvalue weighted by atomic mass is 32.2. The van der Waals surface area contributed by atoms with Gasteiger partial charge in [-0.25, -0.2) is 5.01 Å². The van der Waals surface area contributed by atoms with Crippen LogP contribution in [0.3, 0.4) is 0 Å². The molecule has 0 saturated heterocycles. The monoisotopic (exact) mass is 437 g/mol. The molecule has 1 amide bonds. The molecule has 31 heavy (non-hydrogen) atoms. The summed E-state index contributed by atoms with van der Waals surface area (Å²) in [7, 11) is 3.45. The predicted molar refractivity (Wildman–Crippen MR) is 122 cm³/mol. The molecule has 0 unspecified atom stereocenters. The highest BCUT2D eigenvalue weighted by Crippen LogP contribution is 2.48. The van der Waals surface area contributed by atoms with Gasteiger partial charge in [-0.1, -0.05) is 12.1 Å². The Morgan fingerprint density at radius 1 is 1.06 bits per heavy atom. The Morgan fingerprint density at radius 3 is 2.35 bits per heavy atom. The van der Waals surface area contributed by atoms with Gasteiger partial charge in [0.05, 0.1) is 12.8 Å². The number of carbonyl (C=O) groups excluding carboxylic acids is 2. The van der Waals surface area contributed by atoms with Crippen molar-refractivity contribution in [1.29, 1.82) is 0 Å². The Labute approximate surface area is 185 Å². The SMILES string of the molecule is COc1ccc(C2=NN(C(C)=O)[C@]3(SC(C(C)=O)=NN3c3cccc(C)c3)N2C)cc1. The number of aryl methyl sites for hydroxylation is 1. The van der Waals surface area contributed by atoms with Gasteiger partial charge in [0.2, 0.25) is 5.91 Å². The van der Waals surface area contributed by atoms with Crippen LogP contribution in [0.25, 0.3) is 0 Å². The molecule has 1 spiro atoms. The molecule has 2 aromatic carbocycles. The third-order valence-electron chi connectivity index (χ3n) is 5.12. The van der Waals surface area contributed by atoms with Crippen LogP contribution in [0.15, 0.2) is 58.7 Å². The van der Waals surface area contributed by atoms with Crippen LogP contribution in [0.1, 0.15) is 25.0 Å². The Bertz CT molecular complexity index is 1110. The summed E-state index contributed by atoms with van der Waals surface area (Å²) in [5.74, 6) is 0.875. The second-order valence-corrected chi connectivity index (χ2v) is 8.47. The van der Waals surface area contributed by atoms with Crippen molar-refractivity contribution in [2.75, 3.05) is 19.2 Å². The number of methoxy groups -OCH3 is 1. The topological polar surface area (TPSA) is 77.8 Å². The van der Waals surface area contributed by atoms with Gasteiger partial charge in [-0.2, -0.15) is 10.1 Å². The average Bonchev–Trinajstić information content (AvgIpc) is 3.28. The molecule has 0 aliphatic carbocycles. The van der Waals surface area contributed by atoms with Crippen LogP contribution in [0.2, 0.25) is 0 Å². The molecule has 2 aliphatic rings. The summed E-state index contributed by atoms with van der Waals surface area (Å²) in [6.45, 7) is 4.91. The molecule has 2 aromatic rings. The van der Waals surface area contributed by atoms with E-state index in [4.69, 9.17) is 4.74 Å². The Hall–Kier alpha value is -3.33. The first-order chi connectivity index (χ1) is 14.8. The zero-order valence-corrected chi connectivity index (χ0v) is 18.8. The van der Waals surface area contributed by atoms with Crippen LogP contribution in [-0.2, 0) is 9.59 Å². The van der Waals surface area contributed by atoms with Crippen LogP contribution in [0.4, 0.5) is 5.69 Å². The summed E-state index contributed by atoms with van der Waals surface area (Å²) >= 11 is 1.21. The van der Waals surface area contributed by atoms with E-state index in [0.717, 1.165) is 22.6 Å². The van der Waals surface area contributed by atoms with Gasteiger partial charge in [0.25, 0.3) is 5.12 Å². The number of benzene rings is 2. The first-order valence-electron chi connectivity index (χ1n) is 9.71. The number of thioether (sulfide) groups is 1. The van der Waals surface area contributed by atoms with Gasteiger partial charge in [-0.15, -0.1) is 5.10 Å². The Morgan fingerprint density at radius 2 is 1.77 bits per heavy atom. The van der Waals surface area contributed by atoms with Crippen LogP contribution in [0.5, 0.6) is 5.75 Å². The lowest BCUT2D eigenvalue weighted by Gasteiger charge is -2.42. The van der Waals surface area contributed by atoms with Crippen LogP contribution in [0, 0.1) is 6.92 Å². The standard InChI is InChI=1S/C22H23N5O3S/c1-14-7-6-8-18(13-14)27-22(31-21(24-27)15(2)28)25(4)20(23-26(22)16(3)29)17-9-11-19(30-5)12-10-17/h6-13H,1-5H3/t22-/m1/s1. The van der Waals surface area contributed by atoms with E-state index >= 15 is 0 Å². The number of amidine groups is 1. The summed E-state index contributed by atoms with van der Waals surface area (Å²) in [4.78, 5) is 26.9. The van der Waals surface area contributed by atoms with Gasteiger partial charge in [0.15, 0.2) is 16.7 Å². The quantitative estimate of drug-likeness (QED) is 0.731. The van der Waals surface area contributed by atoms with E-state index in [9.17, 15) is 9.59 Å². The molecule has 160 valence electrons. The van der Waals surface area contributed by atoms with Crippen molar-refractivity contribution in [2.24, 2.45) is 10.2 Å². The number of Topliss-reactive ketones (excluding diaryl/α,β-unsaturated/α-hetero) is 1. The molecule has 8 nitrogen and oxygen atoms in total. The fraction of sp³-hybridized carbons (Fsp3) is 0.273. The number of carbonyl (C=O) groups is 2. The summed E-state index contributed by atoms with van der Waals surface area (Å²) < 4.78 is 5.25. The van der Waals surface area contributed by atoms with E-state index in [1.165, 1.54) is 30.6 Å².